The van der Waals surface area contributed by atoms with Gasteiger partial charge < -0.3 is 11.1 Å². The van der Waals surface area contributed by atoms with Crippen LogP contribution in [0.15, 0.2) is 18.2 Å². The minimum Gasteiger partial charge on any atom is -0.399 e. The van der Waals surface area contributed by atoms with E-state index in [-0.39, 0.29) is 5.54 Å². The normalized spacial score (nSPS) is 24.4. The van der Waals surface area contributed by atoms with Gasteiger partial charge in [-0.1, -0.05) is 19.4 Å². The highest BCUT2D eigenvalue weighted by atomic mass is 15.0. The van der Waals surface area contributed by atoms with Crippen LogP contribution in [0, 0.1) is 0 Å². The fraction of sp³-hybridized carbons (Fsp3) is 0.538. The first-order valence-corrected chi connectivity index (χ1v) is 5.79. The van der Waals surface area contributed by atoms with Gasteiger partial charge in [0.2, 0.25) is 0 Å². The molecule has 1 aromatic carbocycles. The Hall–Kier alpha value is -1.18. The molecule has 0 spiro atoms. The van der Waals surface area contributed by atoms with Gasteiger partial charge in [-0.2, -0.15) is 0 Å². The largest absolute Gasteiger partial charge is 0.399 e. The van der Waals surface area contributed by atoms with Crippen LogP contribution in [0.2, 0.25) is 0 Å². The Bertz CT molecular complexity index is 360. The highest BCUT2D eigenvalue weighted by Gasteiger charge is 2.27. The van der Waals surface area contributed by atoms with E-state index in [0.717, 1.165) is 5.69 Å². The summed E-state index contributed by atoms with van der Waals surface area (Å²) >= 11 is 0. The number of fused-ring (bicyclic) bond motifs is 1. The maximum absolute atomic E-state index is 5.80. The molecule has 1 aliphatic heterocycles. The maximum Gasteiger partial charge on any atom is 0.0397 e. The predicted octanol–water partition coefficient (Wildman–Crippen LogP) is 3.19. The van der Waals surface area contributed by atoms with Crippen molar-refractivity contribution in [2.45, 2.75) is 45.1 Å². The van der Waals surface area contributed by atoms with Crippen LogP contribution in [0.5, 0.6) is 0 Å². The van der Waals surface area contributed by atoms with Gasteiger partial charge in [0.25, 0.3) is 0 Å². The molecule has 1 heterocycles. The topological polar surface area (TPSA) is 38.0 Å². The van der Waals surface area contributed by atoms with Crippen molar-refractivity contribution in [3.63, 3.8) is 0 Å². The van der Waals surface area contributed by atoms with Gasteiger partial charge in [-0.25, -0.2) is 0 Å². The Morgan fingerprint density at radius 1 is 1.47 bits per heavy atom. The smallest absolute Gasteiger partial charge is 0.0397 e. The van der Waals surface area contributed by atoms with Crippen molar-refractivity contribution in [3.05, 3.63) is 23.8 Å². The highest BCUT2D eigenvalue weighted by Crippen LogP contribution is 2.34. The van der Waals surface area contributed by atoms with Crippen LogP contribution in [0.1, 0.15) is 38.7 Å². The number of hydrogen-bond acceptors (Lipinski definition) is 2. The lowest BCUT2D eigenvalue weighted by atomic mass is 9.84. The van der Waals surface area contributed by atoms with Crippen molar-refractivity contribution in [1.29, 1.82) is 0 Å². The molecule has 0 radical (unpaired) electrons. The van der Waals surface area contributed by atoms with Crippen molar-refractivity contribution in [3.8, 4) is 0 Å². The lowest BCUT2D eigenvalue weighted by molar-refractivity contribution is 0.421. The molecule has 1 atom stereocenters. The SMILES string of the molecule is CCC[C@]1(C)CCc2ccc(N)cc2N1. The number of benzene rings is 1. The first kappa shape index (κ1) is 10.3. The summed E-state index contributed by atoms with van der Waals surface area (Å²) in [6.45, 7) is 4.55. The monoisotopic (exact) mass is 204 g/mol. The summed E-state index contributed by atoms with van der Waals surface area (Å²) in [4.78, 5) is 0. The zero-order chi connectivity index (χ0) is 10.9. The third-order valence-corrected chi connectivity index (χ3v) is 3.32. The first-order valence-electron chi connectivity index (χ1n) is 5.79. The van der Waals surface area contributed by atoms with E-state index in [9.17, 15) is 0 Å². The Morgan fingerprint density at radius 3 is 3.00 bits per heavy atom. The summed E-state index contributed by atoms with van der Waals surface area (Å²) < 4.78 is 0. The Kier molecular flexibility index (Phi) is 2.59. The molecule has 2 rings (SSSR count). The fourth-order valence-electron chi connectivity index (χ4n) is 2.47. The quantitative estimate of drug-likeness (QED) is 0.726. The van der Waals surface area contributed by atoms with Gasteiger partial charge >= 0.3 is 0 Å². The van der Waals surface area contributed by atoms with Gasteiger partial charge in [0.1, 0.15) is 0 Å². The average Bonchev–Trinajstić information content (AvgIpc) is 2.17. The maximum atomic E-state index is 5.80. The van der Waals surface area contributed by atoms with Crippen LogP contribution in [0.4, 0.5) is 11.4 Å². The molecule has 2 nitrogen and oxygen atoms in total. The zero-order valence-electron chi connectivity index (χ0n) is 9.64. The molecule has 82 valence electrons. The van der Waals surface area contributed by atoms with E-state index >= 15 is 0 Å². The van der Waals surface area contributed by atoms with Gasteiger partial charge in [0.05, 0.1) is 0 Å². The minimum atomic E-state index is 0.259. The number of anilines is 2. The molecule has 0 amide bonds. The highest BCUT2D eigenvalue weighted by molar-refractivity contribution is 5.62. The van der Waals surface area contributed by atoms with Crippen molar-refractivity contribution >= 4 is 11.4 Å². The third kappa shape index (κ3) is 2.09. The molecular formula is C13H20N2. The van der Waals surface area contributed by atoms with Gasteiger partial charge in [-0.15, -0.1) is 0 Å². The molecule has 1 aliphatic rings. The molecule has 0 unspecified atom stereocenters. The molecule has 1 aromatic rings. The van der Waals surface area contributed by atoms with E-state index in [1.54, 1.807) is 0 Å². The molecule has 0 aliphatic carbocycles. The molecule has 2 heteroatoms. The van der Waals surface area contributed by atoms with E-state index in [1.807, 2.05) is 6.07 Å². The van der Waals surface area contributed by atoms with Gasteiger partial charge in [0.15, 0.2) is 0 Å². The Morgan fingerprint density at radius 2 is 2.27 bits per heavy atom. The van der Waals surface area contributed by atoms with E-state index in [1.165, 1.54) is 36.9 Å². The summed E-state index contributed by atoms with van der Waals surface area (Å²) in [7, 11) is 0. The van der Waals surface area contributed by atoms with Crippen LogP contribution in [0.3, 0.4) is 0 Å². The number of nitrogen functional groups attached to an aromatic ring is 1. The third-order valence-electron chi connectivity index (χ3n) is 3.32. The standard InChI is InChI=1S/C13H20N2/c1-3-7-13(2)8-6-10-4-5-11(14)9-12(10)15-13/h4-5,9,15H,3,6-8,14H2,1-2H3/t13-/m1/s1. The van der Waals surface area contributed by atoms with Crippen molar-refractivity contribution in [2.24, 2.45) is 0 Å². The van der Waals surface area contributed by atoms with Crippen LogP contribution in [-0.4, -0.2) is 5.54 Å². The molecule has 0 fully saturated rings. The van der Waals surface area contributed by atoms with E-state index in [0.29, 0.717) is 0 Å². The average molecular weight is 204 g/mol. The van der Waals surface area contributed by atoms with Crippen LogP contribution in [0.25, 0.3) is 0 Å². The lowest BCUT2D eigenvalue weighted by Gasteiger charge is -2.37. The number of nitrogens with one attached hydrogen (secondary N) is 1. The predicted molar refractivity (Wildman–Crippen MR) is 66.1 cm³/mol. The minimum absolute atomic E-state index is 0.259. The molecule has 15 heavy (non-hydrogen) atoms. The summed E-state index contributed by atoms with van der Waals surface area (Å²) in [5.74, 6) is 0. The van der Waals surface area contributed by atoms with Gasteiger partial charge in [0, 0.05) is 16.9 Å². The second-order valence-electron chi connectivity index (χ2n) is 4.85. The lowest BCUT2D eigenvalue weighted by Crippen LogP contribution is -2.38. The fourth-order valence-corrected chi connectivity index (χ4v) is 2.47. The number of aryl methyl sites for hydroxylation is 1. The Balaban J connectivity index is 2.25. The van der Waals surface area contributed by atoms with Crippen molar-refractivity contribution in [1.82, 2.24) is 0 Å². The van der Waals surface area contributed by atoms with E-state index in [2.05, 4.69) is 31.3 Å². The van der Waals surface area contributed by atoms with E-state index in [4.69, 9.17) is 5.73 Å². The van der Waals surface area contributed by atoms with Gasteiger partial charge in [-0.3, -0.25) is 0 Å². The number of nitrogens with two attached hydrogens (primary N) is 1. The Labute approximate surface area is 91.9 Å². The summed E-state index contributed by atoms with van der Waals surface area (Å²) in [6, 6.07) is 6.19. The van der Waals surface area contributed by atoms with Gasteiger partial charge in [-0.05, 0) is 43.9 Å². The van der Waals surface area contributed by atoms with Crippen molar-refractivity contribution in [2.75, 3.05) is 11.1 Å². The molecular weight excluding hydrogens is 184 g/mol. The summed E-state index contributed by atoms with van der Waals surface area (Å²) in [6.07, 6.45) is 4.83. The van der Waals surface area contributed by atoms with Crippen LogP contribution >= 0.6 is 0 Å². The second kappa shape index (κ2) is 3.76. The van der Waals surface area contributed by atoms with Crippen LogP contribution in [-0.2, 0) is 6.42 Å². The zero-order valence-corrected chi connectivity index (χ0v) is 9.64. The van der Waals surface area contributed by atoms with Crippen LogP contribution < -0.4 is 11.1 Å². The molecule has 0 aromatic heterocycles. The molecule has 0 saturated heterocycles. The number of rotatable bonds is 2. The number of hydrogen-bond donors (Lipinski definition) is 2. The molecule has 0 saturated carbocycles. The van der Waals surface area contributed by atoms with E-state index < -0.39 is 0 Å². The molecule has 3 N–H and O–H groups in total. The summed E-state index contributed by atoms with van der Waals surface area (Å²) in [5, 5.41) is 3.64. The molecule has 0 bridgehead atoms. The first-order chi connectivity index (χ1) is 7.13. The summed E-state index contributed by atoms with van der Waals surface area (Å²) in [5.41, 5.74) is 9.55. The van der Waals surface area contributed by atoms with Crippen molar-refractivity contribution < 1.29 is 0 Å². The second-order valence-corrected chi connectivity index (χ2v) is 4.85.